The zero-order chi connectivity index (χ0) is 7.78. The quantitative estimate of drug-likeness (QED) is 0.459. The van der Waals surface area contributed by atoms with Gasteiger partial charge in [-0.25, -0.2) is 0 Å². The molecule has 0 spiro atoms. The lowest BCUT2D eigenvalue weighted by atomic mass is 9.84. The van der Waals surface area contributed by atoms with E-state index in [-0.39, 0.29) is 11.8 Å². The van der Waals surface area contributed by atoms with E-state index in [4.69, 9.17) is 0 Å². The molecule has 1 aliphatic heterocycles. The predicted molar refractivity (Wildman–Crippen MR) is 35.2 cm³/mol. The van der Waals surface area contributed by atoms with Crippen molar-refractivity contribution in [1.29, 1.82) is 0 Å². The van der Waals surface area contributed by atoms with Crippen LogP contribution in [0.1, 0.15) is 26.7 Å². The first kappa shape index (κ1) is 7.25. The summed E-state index contributed by atoms with van der Waals surface area (Å²) in [7, 11) is 0. The fourth-order valence-electron chi connectivity index (χ4n) is 0.847. The topological polar surface area (TPSA) is 48.2 Å². The maximum Gasteiger partial charge on any atom is 0.254 e. The molecule has 0 saturated carbocycles. The van der Waals surface area contributed by atoms with Crippen molar-refractivity contribution < 1.29 is 9.59 Å². The molecular weight excluding hydrogens is 130 g/mol. The number of carbonyl (C=O) groups excluding carboxylic acids is 2. The maximum absolute atomic E-state index is 10.9. The minimum Gasteiger partial charge on any atom is -0.273 e. The smallest absolute Gasteiger partial charge is 0.254 e. The van der Waals surface area contributed by atoms with Crippen molar-refractivity contribution in [1.82, 2.24) is 5.32 Å². The number of rotatable bonds is 0. The van der Waals surface area contributed by atoms with E-state index in [1.165, 1.54) is 0 Å². The van der Waals surface area contributed by atoms with Gasteiger partial charge in [-0.1, -0.05) is 13.8 Å². The molecule has 0 atom stereocenters. The Kier molecular flexibility index (Phi) is 1.50. The molecule has 1 fully saturated rings. The van der Waals surface area contributed by atoms with E-state index in [9.17, 15) is 9.59 Å². The highest BCUT2D eigenvalue weighted by atomic mass is 16.2. The Bertz CT molecular complexity index is 184. The van der Waals surface area contributed by atoms with Gasteiger partial charge in [0.25, 0.3) is 5.91 Å². The highest BCUT2D eigenvalue weighted by molar-refractivity contribution is 5.99. The van der Waals surface area contributed by atoms with Crippen molar-refractivity contribution in [2.75, 3.05) is 0 Å². The summed E-state index contributed by atoms with van der Waals surface area (Å²) >= 11 is 0. The lowest BCUT2D eigenvalue weighted by Gasteiger charge is -2.24. The minimum atomic E-state index is -0.409. The normalized spacial score (nSPS) is 24.2. The van der Waals surface area contributed by atoms with Crippen molar-refractivity contribution in [2.24, 2.45) is 5.41 Å². The van der Waals surface area contributed by atoms with E-state index >= 15 is 0 Å². The number of piperidine rings is 1. The standard InChI is InChI=1S/C7H10NO2/c1-7(2)4-3-5(9)8-6(7)10/h3-4H2,1-2H3. The van der Waals surface area contributed by atoms with Crippen molar-refractivity contribution in [3.63, 3.8) is 0 Å². The van der Waals surface area contributed by atoms with Crippen molar-refractivity contribution in [3.8, 4) is 0 Å². The molecule has 2 amide bonds. The molecule has 0 aromatic heterocycles. The van der Waals surface area contributed by atoms with Gasteiger partial charge in [0, 0.05) is 11.8 Å². The zero-order valence-corrected chi connectivity index (χ0v) is 6.18. The van der Waals surface area contributed by atoms with Gasteiger partial charge in [-0.15, -0.1) is 0 Å². The second-order valence-corrected chi connectivity index (χ2v) is 3.19. The van der Waals surface area contributed by atoms with Gasteiger partial charge < -0.3 is 0 Å². The zero-order valence-electron chi connectivity index (χ0n) is 6.18. The lowest BCUT2D eigenvalue weighted by molar-refractivity contribution is -0.140. The van der Waals surface area contributed by atoms with Gasteiger partial charge in [-0.2, -0.15) is 5.32 Å². The average Bonchev–Trinajstić information content (AvgIpc) is 1.81. The summed E-state index contributed by atoms with van der Waals surface area (Å²) < 4.78 is 0. The van der Waals surface area contributed by atoms with Crippen molar-refractivity contribution >= 4 is 11.8 Å². The minimum absolute atomic E-state index is 0.274. The van der Waals surface area contributed by atoms with E-state index in [0.29, 0.717) is 12.8 Å². The molecule has 0 bridgehead atoms. The molecule has 55 valence electrons. The SMILES string of the molecule is CC1(C)CCC(=O)[N]C1=O. The van der Waals surface area contributed by atoms with Crippen LogP contribution in [-0.4, -0.2) is 11.8 Å². The summed E-state index contributed by atoms with van der Waals surface area (Å²) in [6.07, 6.45) is 1.05. The summed E-state index contributed by atoms with van der Waals surface area (Å²) in [5.41, 5.74) is -0.409. The molecule has 10 heavy (non-hydrogen) atoms. The molecular formula is C7H10NO2. The third-order valence-corrected chi connectivity index (χ3v) is 1.77. The molecule has 1 aliphatic rings. The van der Waals surface area contributed by atoms with Crippen LogP contribution in [0.4, 0.5) is 0 Å². The van der Waals surface area contributed by atoms with Crippen LogP contribution in [0.3, 0.4) is 0 Å². The molecule has 1 heterocycles. The summed E-state index contributed by atoms with van der Waals surface area (Å²) in [4.78, 5) is 21.5. The Morgan fingerprint density at radius 1 is 1.40 bits per heavy atom. The fraction of sp³-hybridized carbons (Fsp3) is 0.714. The number of amides is 2. The molecule has 1 radical (unpaired) electrons. The maximum atomic E-state index is 10.9. The van der Waals surface area contributed by atoms with Gasteiger partial charge in [0.05, 0.1) is 0 Å². The van der Waals surface area contributed by atoms with Crippen LogP contribution in [0.5, 0.6) is 0 Å². The van der Waals surface area contributed by atoms with Crippen molar-refractivity contribution in [3.05, 3.63) is 0 Å². The monoisotopic (exact) mass is 140 g/mol. The Hall–Kier alpha value is -0.860. The van der Waals surface area contributed by atoms with Crippen LogP contribution >= 0.6 is 0 Å². The summed E-state index contributed by atoms with van der Waals surface area (Å²) in [6, 6.07) is 0. The van der Waals surface area contributed by atoms with Gasteiger partial charge in [0.1, 0.15) is 0 Å². The Morgan fingerprint density at radius 2 is 2.00 bits per heavy atom. The van der Waals surface area contributed by atoms with E-state index < -0.39 is 5.41 Å². The molecule has 0 N–H and O–H groups in total. The van der Waals surface area contributed by atoms with Gasteiger partial charge in [0.2, 0.25) is 5.91 Å². The number of hydrogen-bond donors (Lipinski definition) is 0. The molecule has 0 aliphatic carbocycles. The van der Waals surface area contributed by atoms with Crippen LogP contribution in [0, 0.1) is 5.41 Å². The average molecular weight is 140 g/mol. The molecule has 3 heteroatoms. The number of carbonyl (C=O) groups is 2. The van der Waals surface area contributed by atoms with Gasteiger partial charge in [-0.05, 0) is 6.42 Å². The lowest BCUT2D eigenvalue weighted by Crippen LogP contribution is -2.40. The van der Waals surface area contributed by atoms with Gasteiger partial charge in [0.15, 0.2) is 0 Å². The molecule has 0 aromatic carbocycles. The summed E-state index contributed by atoms with van der Waals surface area (Å²) in [5.74, 6) is -0.548. The second-order valence-electron chi connectivity index (χ2n) is 3.19. The number of imide groups is 1. The highest BCUT2D eigenvalue weighted by Crippen LogP contribution is 2.26. The first-order valence-corrected chi connectivity index (χ1v) is 3.31. The highest BCUT2D eigenvalue weighted by Gasteiger charge is 2.35. The Labute approximate surface area is 59.8 Å². The summed E-state index contributed by atoms with van der Waals surface area (Å²) in [6.45, 7) is 3.62. The molecule has 3 nitrogen and oxygen atoms in total. The van der Waals surface area contributed by atoms with Gasteiger partial charge >= 0.3 is 0 Å². The first-order valence-electron chi connectivity index (χ1n) is 3.31. The van der Waals surface area contributed by atoms with E-state index in [1.54, 1.807) is 0 Å². The van der Waals surface area contributed by atoms with Crippen LogP contribution in [0.2, 0.25) is 0 Å². The largest absolute Gasteiger partial charge is 0.273 e. The Balaban J connectivity index is 2.70. The second kappa shape index (κ2) is 2.08. The van der Waals surface area contributed by atoms with Crippen molar-refractivity contribution in [2.45, 2.75) is 26.7 Å². The third-order valence-electron chi connectivity index (χ3n) is 1.77. The third kappa shape index (κ3) is 1.17. The fourth-order valence-corrected chi connectivity index (χ4v) is 0.847. The molecule has 0 aromatic rings. The number of nitrogens with zero attached hydrogens (tertiary/aromatic N) is 1. The Morgan fingerprint density at radius 3 is 2.40 bits per heavy atom. The van der Waals surface area contributed by atoms with E-state index in [0.717, 1.165) is 0 Å². The van der Waals surface area contributed by atoms with Crippen LogP contribution in [-0.2, 0) is 9.59 Å². The van der Waals surface area contributed by atoms with E-state index in [2.05, 4.69) is 5.32 Å². The van der Waals surface area contributed by atoms with Crippen LogP contribution in [0.25, 0.3) is 0 Å². The van der Waals surface area contributed by atoms with E-state index in [1.807, 2.05) is 13.8 Å². The first-order chi connectivity index (χ1) is 4.52. The molecule has 0 unspecified atom stereocenters. The summed E-state index contributed by atoms with van der Waals surface area (Å²) in [5, 5.41) is 3.36. The van der Waals surface area contributed by atoms with Crippen LogP contribution in [0.15, 0.2) is 0 Å². The number of hydrogen-bond acceptors (Lipinski definition) is 2. The van der Waals surface area contributed by atoms with Crippen LogP contribution < -0.4 is 5.32 Å². The predicted octanol–water partition coefficient (Wildman–Crippen LogP) is 0.464. The molecule has 1 saturated heterocycles. The molecule has 1 rings (SSSR count). The van der Waals surface area contributed by atoms with Gasteiger partial charge in [-0.3, -0.25) is 9.59 Å².